The quantitative estimate of drug-likeness (QED) is 0.0750. The van der Waals surface area contributed by atoms with E-state index in [4.69, 9.17) is 29.6 Å². The molecule has 0 radical (unpaired) electrons. The molecule has 2 aliphatic carbocycles. The van der Waals surface area contributed by atoms with Crippen LogP contribution in [-0.2, 0) is 36.7 Å². The van der Waals surface area contributed by atoms with Crippen LogP contribution in [0.2, 0.25) is 0 Å². The Morgan fingerprint density at radius 2 is 0.952 bits per heavy atom. The summed E-state index contributed by atoms with van der Waals surface area (Å²) >= 11 is 0. The van der Waals surface area contributed by atoms with Gasteiger partial charge in [-0.3, -0.25) is 9.48 Å². The zero-order valence-corrected chi connectivity index (χ0v) is 50.5. The Morgan fingerprint density at radius 3 is 1.46 bits per heavy atom. The first-order valence-corrected chi connectivity index (χ1v) is 29.3. The second-order valence-electron chi connectivity index (χ2n) is 21.5. The number of fused-ring (bicyclic) bond motifs is 6. The van der Waals surface area contributed by atoms with Gasteiger partial charge in [0.15, 0.2) is 0 Å². The van der Waals surface area contributed by atoms with Crippen LogP contribution in [0.25, 0.3) is 55.9 Å². The fraction of sp³-hybridized carbons (Fsp3) is 0.264. The minimum atomic E-state index is -0.833. The number of pyridine rings is 2. The van der Waals surface area contributed by atoms with E-state index < -0.39 is 5.97 Å². The van der Waals surface area contributed by atoms with E-state index in [9.17, 15) is 0 Å². The van der Waals surface area contributed by atoms with Gasteiger partial charge in [0.2, 0.25) is 11.8 Å². The summed E-state index contributed by atoms with van der Waals surface area (Å²) in [5.41, 5.74) is 18.1. The van der Waals surface area contributed by atoms with Crippen molar-refractivity contribution in [3.05, 3.63) is 229 Å². The summed E-state index contributed by atoms with van der Waals surface area (Å²) in [6.45, 7) is 10.3. The molecule has 4 heterocycles. The molecular formula is C72H73N6O4Pt-. The fourth-order valence-electron chi connectivity index (χ4n) is 12.1. The number of aliphatic carboxylic acids is 1. The number of carboxylic acid groups (broad SMARTS) is 1. The van der Waals surface area contributed by atoms with Crippen LogP contribution < -0.4 is 9.47 Å². The van der Waals surface area contributed by atoms with Crippen LogP contribution in [0.15, 0.2) is 201 Å². The number of ether oxygens (including phenoxy) is 2. The van der Waals surface area contributed by atoms with Gasteiger partial charge in [-0.25, -0.2) is 14.6 Å². The molecule has 6 aromatic carbocycles. The predicted molar refractivity (Wildman–Crippen MR) is 329 cm³/mol. The summed E-state index contributed by atoms with van der Waals surface area (Å²) in [7, 11) is 0. The van der Waals surface area contributed by atoms with Gasteiger partial charge in [0.25, 0.3) is 5.97 Å². The number of nitrogens with zero attached hydrogens (tertiary/aromatic N) is 6. The fourth-order valence-corrected chi connectivity index (χ4v) is 12.1. The van der Waals surface area contributed by atoms with E-state index in [2.05, 4.69) is 141 Å². The number of hydrogen-bond acceptors (Lipinski definition) is 7. The predicted octanol–water partition coefficient (Wildman–Crippen LogP) is 18.6. The van der Waals surface area contributed by atoms with Crippen LogP contribution in [0.3, 0.4) is 0 Å². The van der Waals surface area contributed by atoms with Crippen molar-refractivity contribution in [2.45, 2.75) is 122 Å². The van der Waals surface area contributed by atoms with Gasteiger partial charge < -0.3 is 14.6 Å². The second-order valence-corrected chi connectivity index (χ2v) is 21.5. The molecule has 0 bridgehead atoms. The van der Waals surface area contributed by atoms with E-state index in [0.717, 1.165) is 35.2 Å². The van der Waals surface area contributed by atoms with E-state index in [1.807, 2.05) is 101 Å². The van der Waals surface area contributed by atoms with Crippen molar-refractivity contribution in [2.24, 2.45) is 0 Å². The maximum Gasteiger partial charge on any atom is 0.300 e. The summed E-state index contributed by atoms with van der Waals surface area (Å²) in [6.07, 6.45) is 26.1. The van der Waals surface area contributed by atoms with Crippen molar-refractivity contribution in [1.82, 2.24) is 29.5 Å². The molecule has 0 fully saturated rings. The minimum Gasteiger partial charge on any atom is -0.481 e. The summed E-state index contributed by atoms with van der Waals surface area (Å²) in [5, 5.41) is 16.8. The van der Waals surface area contributed by atoms with Gasteiger partial charge in [0.1, 0.15) is 5.75 Å². The number of carboxylic acids is 1. The molecule has 0 spiro atoms. The molecule has 11 heteroatoms. The average Bonchev–Trinajstić information content (AvgIpc) is 2.05. The van der Waals surface area contributed by atoms with Crippen LogP contribution >= 0.6 is 0 Å². The largest absolute Gasteiger partial charge is 0.481 e. The molecule has 10 nitrogen and oxygen atoms in total. The normalized spacial score (nSPS) is 12.7. The maximum absolute atomic E-state index is 9.00. The Kier molecular flexibility index (Phi) is 19.8. The molecule has 0 atom stereocenters. The Hall–Kier alpha value is -8.20. The first kappa shape index (κ1) is 59.4. The molecule has 10 aromatic rings. The third kappa shape index (κ3) is 13.2. The molecule has 2 aliphatic rings. The topological polar surface area (TPSA) is 117 Å². The third-order valence-corrected chi connectivity index (χ3v) is 16.0. The van der Waals surface area contributed by atoms with Crippen LogP contribution in [0.1, 0.15) is 134 Å². The van der Waals surface area contributed by atoms with Crippen molar-refractivity contribution in [3.63, 3.8) is 0 Å². The Morgan fingerprint density at radius 1 is 0.494 bits per heavy atom. The third-order valence-electron chi connectivity index (χ3n) is 16.0. The van der Waals surface area contributed by atoms with Gasteiger partial charge in [0.05, 0.1) is 18.1 Å². The van der Waals surface area contributed by atoms with Crippen molar-refractivity contribution in [1.29, 1.82) is 0 Å². The summed E-state index contributed by atoms with van der Waals surface area (Å²) < 4.78 is 15.6. The number of benzene rings is 6. The second kappa shape index (κ2) is 27.7. The zero-order chi connectivity index (χ0) is 56.9. The van der Waals surface area contributed by atoms with Crippen LogP contribution in [0.5, 0.6) is 23.3 Å². The number of carbonyl (C=O) groups is 1. The molecular weight excluding hydrogens is 1210 g/mol. The van der Waals surface area contributed by atoms with Gasteiger partial charge >= 0.3 is 0 Å². The van der Waals surface area contributed by atoms with Gasteiger partial charge in [-0.15, -0.1) is 18.2 Å². The zero-order valence-electron chi connectivity index (χ0n) is 48.2. The van der Waals surface area contributed by atoms with Crippen LogP contribution in [-0.4, -0.2) is 40.6 Å². The molecule has 0 saturated carbocycles. The molecule has 4 aromatic heterocycles. The van der Waals surface area contributed by atoms with E-state index in [-0.39, 0.29) is 31.9 Å². The number of unbranched alkanes of at least 4 members (excludes halogenated alkanes) is 4. The van der Waals surface area contributed by atoms with Gasteiger partial charge in [-0.05, 0) is 123 Å². The van der Waals surface area contributed by atoms with Crippen molar-refractivity contribution >= 4 is 5.97 Å². The standard InChI is InChI=1S/C35H35N3O.C35H34N3O.C2H4O2.Pt/c2*1-3-5-19-35(20-6-4-2)32-15-8-7-14-30(32)31-18-17-26(22-33(31)35)27-24-37-38(25-27)28-12-11-13-29(23-28)39-34-16-9-10-21-36-34;1-2(3)4;/h7-18,21-25H,3-6,19-20H2,1-2H3;7-18,21-22,24-25H,3-6,19-20H2,1-2H3;1H3,(H,3,4);/q;-1;;. The average molecular weight is 1280 g/mol. The minimum absolute atomic E-state index is 0. The van der Waals surface area contributed by atoms with E-state index in [0.29, 0.717) is 17.5 Å². The summed E-state index contributed by atoms with van der Waals surface area (Å²) in [6, 6.07) is 60.6. The summed E-state index contributed by atoms with van der Waals surface area (Å²) in [5.74, 6) is 1.62. The van der Waals surface area contributed by atoms with Crippen LogP contribution in [0, 0.1) is 6.07 Å². The monoisotopic (exact) mass is 1280 g/mol. The number of rotatable bonds is 20. The first-order valence-electron chi connectivity index (χ1n) is 29.3. The molecule has 0 amide bonds. The molecule has 1 N–H and O–H groups in total. The van der Waals surface area contributed by atoms with E-state index >= 15 is 0 Å². The summed E-state index contributed by atoms with van der Waals surface area (Å²) in [4.78, 5) is 17.5. The van der Waals surface area contributed by atoms with E-state index in [1.54, 1.807) is 12.4 Å². The Balaban J connectivity index is 0.000000185. The molecule has 0 aliphatic heterocycles. The van der Waals surface area contributed by atoms with E-state index in [1.165, 1.54) is 133 Å². The van der Waals surface area contributed by atoms with Crippen molar-refractivity contribution < 1.29 is 40.4 Å². The smallest absolute Gasteiger partial charge is 0.300 e. The Labute approximate surface area is 503 Å². The Bertz CT molecular complexity index is 3480. The molecule has 0 unspecified atom stereocenters. The molecule has 12 rings (SSSR count). The van der Waals surface area contributed by atoms with Gasteiger partial charge in [-0.2, -0.15) is 16.3 Å². The van der Waals surface area contributed by atoms with Crippen molar-refractivity contribution in [3.8, 4) is 79.1 Å². The maximum atomic E-state index is 9.00. The van der Waals surface area contributed by atoms with Gasteiger partial charge in [0, 0.05) is 98.7 Å². The van der Waals surface area contributed by atoms with Gasteiger partial charge in [-0.1, -0.05) is 170 Å². The van der Waals surface area contributed by atoms with Crippen molar-refractivity contribution in [2.75, 3.05) is 0 Å². The van der Waals surface area contributed by atoms with Crippen LogP contribution in [0.4, 0.5) is 0 Å². The number of aromatic nitrogens is 6. The molecule has 0 saturated heterocycles. The first-order chi connectivity index (χ1) is 40.2. The number of hydrogen-bond donors (Lipinski definition) is 1. The molecule has 426 valence electrons. The molecule has 83 heavy (non-hydrogen) atoms. The SMILES string of the molecule is CC(=O)O.CCCCC1(CCCC)c2ccccc2-c2ccc(-c3cnn(-c4[c-]c(Oc5ccccn5)ccc4)c3)cc21.CCCCC1(CCCC)c2ccccc2-c2ccc(-c3cnn(-c4cccc(Oc5ccccn5)c4)c3)cc21.[Pt].